The second kappa shape index (κ2) is 4.17. The van der Waals surface area contributed by atoms with Crippen molar-refractivity contribution in [3.63, 3.8) is 0 Å². The van der Waals surface area contributed by atoms with Crippen molar-refractivity contribution in [2.75, 3.05) is 6.61 Å². The topological polar surface area (TPSA) is 20.2 Å². The lowest BCUT2D eigenvalue weighted by molar-refractivity contribution is 0.212. The van der Waals surface area contributed by atoms with E-state index in [-0.39, 0.29) is 12.0 Å². The van der Waals surface area contributed by atoms with Gasteiger partial charge in [-0.05, 0) is 37.5 Å². The summed E-state index contributed by atoms with van der Waals surface area (Å²) in [6.45, 7) is 9.07. The smallest absolute Gasteiger partial charge is 0.130 e. The van der Waals surface area contributed by atoms with Crippen molar-refractivity contribution in [3.8, 4) is 0 Å². The Balaban J connectivity index is 3.30. The van der Waals surface area contributed by atoms with Gasteiger partial charge in [-0.3, -0.25) is 0 Å². The summed E-state index contributed by atoms with van der Waals surface area (Å²) in [6.07, 6.45) is 0. The summed E-state index contributed by atoms with van der Waals surface area (Å²) in [6, 6.07) is 5.60. The first-order valence-electron chi connectivity index (χ1n) is 5.60. The zero-order chi connectivity index (χ0) is 12.6. The van der Waals surface area contributed by atoms with Gasteiger partial charge in [0.1, 0.15) is 5.67 Å². The summed E-state index contributed by atoms with van der Waals surface area (Å²) >= 11 is 0. The predicted molar refractivity (Wildman–Crippen MR) is 65.4 cm³/mol. The van der Waals surface area contributed by atoms with E-state index in [2.05, 4.69) is 0 Å². The van der Waals surface area contributed by atoms with Crippen LogP contribution in [0.25, 0.3) is 0 Å². The van der Waals surface area contributed by atoms with Crippen LogP contribution in [0.2, 0.25) is 0 Å². The molecule has 0 radical (unpaired) electrons. The van der Waals surface area contributed by atoms with Crippen LogP contribution in [0.4, 0.5) is 4.39 Å². The van der Waals surface area contributed by atoms with Gasteiger partial charge in [0.05, 0.1) is 6.61 Å². The third-order valence-corrected chi connectivity index (χ3v) is 3.05. The van der Waals surface area contributed by atoms with Crippen LogP contribution >= 0.6 is 0 Å². The Morgan fingerprint density at radius 3 is 2.19 bits per heavy atom. The molecule has 2 heteroatoms. The van der Waals surface area contributed by atoms with Gasteiger partial charge in [-0.1, -0.05) is 32.0 Å². The van der Waals surface area contributed by atoms with E-state index in [0.29, 0.717) is 5.56 Å². The van der Waals surface area contributed by atoms with Gasteiger partial charge in [-0.25, -0.2) is 4.39 Å². The summed E-state index contributed by atoms with van der Waals surface area (Å²) in [4.78, 5) is 0. The molecular formula is C14H21FO. The molecular weight excluding hydrogens is 203 g/mol. The predicted octanol–water partition coefficient (Wildman–Crippen LogP) is 3.47. The van der Waals surface area contributed by atoms with E-state index in [0.717, 1.165) is 11.1 Å². The van der Waals surface area contributed by atoms with Crippen LogP contribution in [0.15, 0.2) is 18.2 Å². The van der Waals surface area contributed by atoms with Gasteiger partial charge in [0.25, 0.3) is 0 Å². The third-order valence-electron chi connectivity index (χ3n) is 3.05. The fraction of sp³-hybridized carbons (Fsp3) is 0.571. The average molecular weight is 224 g/mol. The molecule has 0 saturated heterocycles. The van der Waals surface area contributed by atoms with Gasteiger partial charge < -0.3 is 5.11 Å². The standard InChI is InChI=1S/C14H21FO/c1-10-6-7-11(14(4,5)15)8-12(10)13(2,3)9-16/h6-8,16H,9H2,1-5H3. The van der Waals surface area contributed by atoms with Crippen molar-refractivity contribution >= 4 is 0 Å². The number of alkyl halides is 1. The number of hydrogen-bond donors (Lipinski definition) is 1. The molecule has 0 fully saturated rings. The van der Waals surface area contributed by atoms with Gasteiger partial charge in [0.2, 0.25) is 0 Å². The molecule has 1 N–H and O–H groups in total. The lowest BCUT2D eigenvalue weighted by Gasteiger charge is -2.26. The summed E-state index contributed by atoms with van der Waals surface area (Å²) in [5.74, 6) is 0. The Bertz CT molecular complexity index is 375. The average Bonchev–Trinajstić information content (AvgIpc) is 2.16. The van der Waals surface area contributed by atoms with Crippen LogP contribution in [0.1, 0.15) is 44.4 Å². The molecule has 0 saturated carbocycles. The number of hydrogen-bond acceptors (Lipinski definition) is 1. The first-order valence-corrected chi connectivity index (χ1v) is 5.60. The molecule has 0 bridgehead atoms. The third kappa shape index (κ3) is 2.62. The summed E-state index contributed by atoms with van der Waals surface area (Å²) in [5.41, 5.74) is 1.10. The lowest BCUT2D eigenvalue weighted by atomic mass is 9.80. The highest BCUT2D eigenvalue weighted by Gasteiger charge is 2.25. The Labute approximate surface area is 97.3 Å². The van der Waals surface area contributed by atoms with Crippen LogP contribution in [0.5, 0.6) is 0 Å². The fourth-order valence-corrected chi connectivity index (χ4v) is 1.81. The van der Waals surface area contributed by atoms with Gasteiger partial charge >= 0.3 is 0 Å². The first kappa shape index (κ1) is 13.2. The van der Waals surface area contributed by atoms with Gasteiger partial charge in [-0.2, -0.15) is 0 Å². The first-order chi connectivity index (χ1) is 7.18. The van der Waals surface area contributed by atoms with E-state index in [1.54, 1.807) is 13.8 Å². The molecule has 1 aromatic carbocycles. The molecule has 0 aliphatic heterocycles. The quantitative estimate of drug-likeness (QED) is 0.833. The van der Waals surface area contributed by atoms with Gasteiger partial charge in [0, 0.05) is 5.41 Å². The van der Waals surface area contributed by atoms with E-state index in [1.807, 2.05) is 39.0 Å². The molecule has 1 nitrogen and oxygen atoms in total. The molecule has 0 aromatic heterocycles. The second-order valence-electron chi connectivity index (χ2n) is 5.54. The molecule has 0 atom stereocenters. The maximum atomic E-state index is 13.9. The number of aliphatic hydroxyl groups is 1. The minimum absolute atomic E-state index is 0.0595. The molecule has 0 aliphatic rings. The minimum atomic E-state index is -1.34. The molecule has 0 heterocycles. The monoisotopic (exact) mass is 224 g/mol. The summed E-state index contributed by atoms with van der Waals surface area (Å²) < 4.78 is 13.9. The zero-order valence-corrected chi connectivity index (χ0v) is 10.8. The molecule has 90 valence electrons. The zero-order valence-electron chi connectivity index (χ0n) is 10.8. The van der Waals surface area contributed by atoms with Crippen LogP contribution in [0, 0.1) is 6.92 Å². The van der Waals surface area contributed by atoms with Crippen molar-refractivity contribution in [3.05, 3.63) is 34.9 Å². The van der Waals surface area contributed by atoms with Gasteiger partial charge in [-0.15, -0.1) is 0 Å². The Kier molecular flexibility index (Phi) is 3.44. The summed E-state index contributed by atoms with van der Waals surface area (Å²) in [5, 5.41) is 9.37. The molecule has 1 aromatic rings. The molecule has 0 spiro atoms. The second-order valence-corrected chi connectivity index (χ2v) is 5.54. The molecule has 16 heavy (non-hydrogen) atoms. The normalized spacial score (nSPS) is 12.9. The van der Waals surface area contributed by atoms with Gasteiger partial charge in [0.15, 0.2) is 0 Å². The van der Waals surface area contributed by atoms with Crippen molar-refractivity contribution in [1.82, 2.24) is 0 Å². The van der Waals surface area contributed by atoms with E-state index >= 15 is 0 Å². The largest absolute Gasteiger partial charge is 0.395 e. The highest BCUT2D eigenvalue weighted by atomic mass is 19.1. The van der Waals surface area contributed by atoms with E-state index in [9.17, 15) is 9.50 Å². The number of rotatable bonds is 3. The Morgan fingerprint density at radius 1 is 1.19 bits per heavy atom. The van der Waals surface area contributed by atoms with Crippen LogP contribution in [0.3, 0.4) is 0 Å². The molecule has 0 aliphatic carbocycles. The molecule has 1 rings (SSSR count). The van der Waals surface area contributed by atoms with Crippen LogP contribution < -0.4 is 0 Å². The van der Waals surface area contributed by atoms with Crippen LogP contribution in [-0.4, -0.2) is 11.7 Å². The number of aryl methyl sites for hydroxylation is 1. The number of halogens is 1. The summed E-state index contributed by atoms with van der Waals surface area (Å²) in [7, 11) is 0. The van der Waals surface area contributed by atoms with E-state index in [4.69, 9.17) is 0 Å². The van der Waals surface area contributed by atoms with Crippen molar-refractivity contribution in [2.24, 2.45) is 0 Å². The SMILES string of the molecule is Cc1ccc(C(C)(C)F)cc1C(C)(C)CO. The van der Waals surface area contributed by atoms with Crippen molar-refractivity contribution < 1.29 is 9.50 Å². The molecule has 0 amide bonds. The Hall–Kier alpha value is -0.890. The minimum Gasteiger partial charge on any atom is -0.395 e. The lowest BCUT2D eigenvalue weighted by Crippen LogP contribution is -2.24. The maximum absolute atomic E-state index is 13.9. The van der Waals surface area contributed by atoms with E-state index in [1.165, 1.54) is 0 Å². The highest BCUT2D eigenvalue weighted by molar-refractivity contribution is 5.38. The molecule has 0 unspecified atom stereocenters. The Morgan fingerprint density at radius 2 is 1.75 bits per heavy atom. The maximum Gasteiger partial charge on any atom is 0.130 e. The fourth-order valence-electron chi connectivity index (χ4n) is 1.81. The van der Waals surface area contributed by atoms with Crippen molar-refractivity contribution in [1.29, 1.82) is 0 Å². The highest BCUT2D eigenvalue weighted by Crippen LogP contribution is 2.31. The van der Waals surface area contributed by atoms with Crippen molar-refractivity contribution in [2.45, 2.75) is 45.7 Å². The van der Waals surface area contributed by atoms with E-state index < -0.39 is 5.67 Å². The van der Waals surface area contributed by atoms with Crippen LogP contribution in [-0.2, 0) is 11.1 Å². The number of benzene rings is 1. The number of aliphatic hydroxyl groups excluding tert-OH is 1.